The molecule has 1 atom stereocenters. The van der Waals surface area contributed by atoms with Gasteiger partial charge in [-0.25, -0.2) is 0 Å². The zero-order chi connectivity index (χ0) is 18.9. The first kappa shape index (κ1) is 18.4. The Morgan fingerprint density at radius 1 is 1.22 bits per heavy atom. The monoisotopic (exact) mass is 367 g/mol. The SMILES string of the molecule is CC(C)N1CCOCC2(CCCN(C(=O)c3ccc4ncccc4c3)C2)C1. The van der Waals surface area contributed by atoms with Crippen LogP contribution in [0.1, 0.15) is 37.0 Å². The highest BCUT2D eigenvalue weighted by Gasteiger charge is 2.40. The fraction of sp³-hybridized carbons (Fsp3) is 0.545. The van der Waals surface area contributed by atoms with E-state index in [-0.39, 0.29) is 11.3 Å². The third-order valence-corrected chi connectivity index (χ3v) is 6.00. The van der Waals surface area contributed by atoms with Crippen molar-refractivity contribution in [3.8, 4) is 0 Å². The van der Waals surface area contributed by atoms with Crippen LogP contribution < -0.4 is 0 Å². The second kappa shape index (κ2) is 7.56. The lowest BCUT2D eigenvalue weighted by atomic mass is 9.79. The van der Waals surface area contributed by atoms with Crippen LogP contribution in [0.5, 0.6) is 0 Å². The molecule has 0 N–H and O–H groups in total. The standard InChI is InChI=1S/C22H29N3O2/c1-17(2)24-11-12-27-16-22(14-24)8-4-10-25(15-22)21(26)19-6-7-20-18(13-19)5-3-9-23-20/h3,5-7,9,13,17H,4,8,10-12,14-16H2,1-2H3. The van der Waals surface area contributed by atoms with Crippen molar-refractivity contribution in [1.29, 1.82) is 0 Å². The highest BCUT2D eigenvalue weighted by Crippen LogP contribution is 2.34. The Labute approximate surface area is 161 Å². The van der Waals surface area contributed by atoms with Crippen molar-refractivity contribution in [3.63, 3.8) is 0 Å². The number of ether oxygens (including phenoxy) is 1. The highest BCUT2D eigenvalue weighted by atomic mass is 16.5. The number of amides is 1. The molecule has 1 spiro atoms. The van der Waals surface area contributed by atoms with Crippen molar-refractivity contribution >= 4 is 16.8 Å². The summed E-state index contributed by atoms with van der Waals surface area (Å²) in [5, 5.41) is 1.01. The topological polar surface area (TPSA) is 45.7 Å². The van der Waals surface area contributed by atoms with Gasteiger partial charge in [-0.05, 0) is 51.0 Å². The number of rotatable bonds is 2. The van der Waals surface area contributed by atoms with Crippen LogP contribution in [-0.4, -0.2) is 66.1 Å². The van der Waals surface area contributed by atoms with E-state index in [0.29, 0.717) is 6.04 Å². The lowest BCUT2D eigenvalue weighted by Gasteiger charge is -2.44. The molecule has 0 aliphatic carbocycles. The molecule has 144 valence electrons. The fourth-order valence-corrected chi connectivity index (χ4v) is 4.49. The number of aromatic nitrogens is 1. The largest absolute Gasteiger partial charge is 0.379 e. The van der Waals surface area contributed by atoms with Crippen LogP contribution in [0.25, 0.3) is 10.9 Å². The van der Waals surface area contributed by atoms with Gasteiger partial charge in [-0.1, -0.05) is 6.07 Å². The quantitative estimate of drug-likeness (QED) is 0.818. The molecule has 5 heteroatoms. The first-order chi connectivity index (χ1) is 13.1. The lowest BCUT2D eigenvalue weighted by molar-refractivity contribution is 0.00573. The zero-order valence-electron chi connectivity index (χ0n) is 16.4. The molecule has 2 fully saturated rings. The van der Waals surface area contributed by atoms with Crippen LogP contribution in [0.15, 0.2) is 36.5 Å². The van der Waals surface area contributed by atoms with Crippen LogP contribution in [0.2, 0.25) is 0 Å². The summed E-state index contributed by atoms with van der Waals surface area (Å²) in [7, 11) is 0. The Kier molecular flexibility index (Phi) is 5.15. The molecule has 1 amide bonds. The summed E-state index contributed by atoms with van der Waals surface area (Å²) < 4.78 is 5.97. The normalized spacial score (nSPS) is 24.5. The molecule has 2 saturated heterocycles. The van der Waals surface area contributed by atoms with Crippen molar-refractivity contribution in [2.45, 2.75) is 32.7 Å². The van der Waals surface area contributed by atoms with Gasteiger partial charge < -0.3 is 9.64 Å². The van der Waals surface area contributed by atoms with E-state index >= 15 is 0 Å². The maximum atomic E-state index is 13.2. The molecule has 27 heavy (non-hydrogen) atoms. The molecule has 1 aromatic carbocycles. The summed E-state index contributed by atoms with van der Waals surface area (Å²) in [5.74, 6) is 0.125. The van der Waals surface area contributed by atoms with Gasteiger partial charge in [-0.3, -0.25) is 14.7 Å². The van der Waals surface area contributed by atoms with Gasteiger partial charge in [-0.15, -0.1) is 0 Å². The second-order valence-electron chi connectivity index (χ2n) is 8.36. The van der Waals surface area contributed by atoms with Crippen LogP contribution in [0.4, 0.5) is 0 Å². The Morgan fingerprint density at radius 2 is 2.11 bits per heavy atom. The summed E-state index contributed by atoms with van der Waals surface area (Å²) >= 11 is 0. The van der Waals surface area contributed by atoms with Crippen molar-refractivity contribution in [1.82, 2.24) is 14.8 Å². The number of pyridine rings is 1. The molecule has 4 rings (SSSR count). The minimum absolute atomic E-state index is 0.0487. The number of benzene rings is 1. The van der Waals surface area contributed by atoms with Crippen LogP contribution in [-0.2, 0) is 4.74 Å². The molecule has 5 nitrogen and oxygen atoms in total. The zero-order valence-corrected chi connectivity index (χ0v) is 16.4. The molecule has 0 radical (unpaired) electrons. The van der Waals surface area contributed by atoms with Gasteiger partial charge in [0.25, 0.3) is 5.91 Å². The predicted octanol–water partition coefficient (Wildman–Crippen LogP) is 3.20. The van der Waals surface area contributed by atoms with Gasteiger partial charge in [0, 0.05) is 54.8 Å². The summed E-state index contributed by atoms with van der Waals surface area (Å²) in [5.41, 5.74) is 1.73. The Morgan fingerprint density at radius 3 is 2.96 bits per heavy atom. The minimum Gasteiger partial charge on any atom is -0.379 e. The first-order valence-corrected chi connectivity index (χ1v) is 10.0. The van der Waals surface area contributed by atoms with Gasteiger partial charge in [0.2, 0.25) is 0 Å². The van der Waals surface area contributed by atoms with E-state index in [1.807, 2.05) is 35.2 Å². The van der Waals surface area contributed by atoms with E-state index in [0.717, 1.165) is 68.7 Å². The number of likely N-dealkylation sites (tertiary alicyclic amines) is 1. The van der Waals surface area contributed by atoms with Crippen molar-refractivity contribution in [2.75, 3.05) is 39.4 Å². The van der Waals surface area contributed by atoms with Crippen molar-refractivity contribution in [3.05, 3.63) is 42.1 Å². The third-order valence-electron chi connectivity index (χ3n) is 6.00. The average molecular weight is 367 g/mol. The molecule has 3 heterocycles. The van der Waals surface area contributed by atoms with Gasteiger partial charge in [-0.2, -0.15) is 0 Å². The van der Waals surface area contributed by atoms with Gasteiger partial charge >= 0.3 is 0 Å². The number of fused-ring (bicyclic) bond motifs is 1. The van der Waals surface area contributed by atoms with E-state index in [2.05, 4.69) is 23.7 Å². The average Bonchev–Trinajstić information content (AvgIpc) is 2.90. The van der Waals surface area contributed by atoms with Crippen LogP contribution >= 0.6 is 0 Å². The number of carbonyl (C=O) groups is 1. The second-order valence-corrected chi connectivity index (χ2v) is 8.36. The number of piperidine rings is 1. The van der Waals surface area contributed by atoms with Crippen LogP contribution in [0, 0.1) is 5.41 Å². The Hall–Kier alpha value is -1.98. The summed E-state index contributed by atoms with van der Waals surface area (Å²) in [6.45, 7) is 9.61. The minimum atomic E-state index is 0.0487. The number of hydrogen-bond donors (Lipinski definition) is 0. The summed E-state index contributed by atoms with van der Waals surface area (Å²) in [6.07, 6.45) is 3.95. The molecular formula is C22H29N3O2. The predicted molar refractivity (Wildman–Crippen MR) is 107 cm³/mol. The van der Waals surface area contributed by atoms with Gasteiger partial charge in [0.05, 0.1) is 18.7 Å². The maximum absolute atomic E-state index is 13.2. The lowest BCUT2D eigenvalue weighted by Crippen LogP contribution is -2.53. The summed E-state index contributed by atoms with van der Waals surface area (Å²) in [6, 6.07) is 10.2. The van der Waals surface area contributed by atoms with Gasteiger partial charge in [0.1, 0.15) is 0 Å². The molecule has 1 aromatic heterocycles. The van der Waals surface area contributed by atoms with Gasteiger partial charge in [0.15, 0.2) is 0 Å². The number of hydrogen-bond acceptors (Lipinski definition) is 4. The van der Waals surface area contributed by atoms with E-state index in [1.165, 1.54) is 0 Å². The Bertz CT molecular complexity index is 822. The van der Waals surface area contributed by atoms with E-state index < -0.39 is 0 Å². The molecule has 0 saturated carbocycles. The first-order valence-electron chi connectivity index (χ1n) is 10.0. The maximum Gasteiger partial charge on any atom is 0.253 e. The number of carbonyl (C=O) groups excluding carboxylic acids is 1. The van der Waals surface area contributed by atoms with E-state index in [4.69, 9.17) is 4.74 Å². The molecule has 2 aliphatic heterocycles. The molecule has 0 bridgehead atoms. The molecular weight excluding hydrogens is 338 g/mol. The molecule has 2 aromatic rings. The number of nitrogens with zero attached hydrogens (tertiary/aromatic N) is 3. The van der Waals surface area contributed by atoms with E-state index in [9.17, 15) is 4.79 Å². The third kappa shape index (κ3) is 3.85. The Balaban J connectivity index is 1.55. The molecule has 2 aliphatic rings. The van der Waals surface area contributed by atoms with E-state index in [1.54, 1.807) is 6.20 Å². The van der Waals surface area contributed by atoms with Crippen LogP contribution in [0.3, 0.4) is 0 Å². The van der Waals surface area contributed by atoms with Crippen molar-refractivity contribution < 1.29 is 9.53 Å². The smallest absolute Gasteiger partial charge is 0.253 e. The van der Waals surface area contributed by atoms with Crippen molar-refractivity contribution in [2.24, 2.45) is 5.41 Å². The summed E-state index contributed by atoms with van der Waals surface area (Å²) in [4.78, 5) is 22.1. The highest BCUT2D eigenvalue weighted by molar-refractivity contribution is 5.98. The molecule has 1 unspecified atom stereocenters. The fourth-order valence-electron chi connectivity index (χ4n) is 4.49.